The van der Waals surface area contributed by atoms with Gasteiger partial charge in [-0.1, -0.05) is 18.2 Å². The first-order chi connectivity index (χ1) is 11.7. The SMILES string of the molecule is CNCCCC1(c2ccc(OC)cc2)OCc2cc(C#N)ccc21. The molecule has 0 radical (unpaired) electrons. The van der Waals surface area contributed by atoms with E-state index in [0.717, 1.165) is 36.3 Å². The summed E-state index contributed by atoms with van der Waals surface area (Å²) in [6.07, 6.45) is 1.89. The lowest BCUT2D eigenvalue weighted by molar-refractivity contribution is -0.0128. The maximum absolute atomic E-state index is 9.13. The zero-order valence-corrected chi connectivity index (χ0v) is 14.1. The average Bonchev–Trinajstić information content (AvgIpc) is 3.01. The molecule has 4 heteroatoms. The molecule has 1 atom stereocenters. The maximum atomic E-state index is 9.13. The van der Waals surface area contributed by atoms with Gasteiger partial charge in [0.2, 0.25) is 0 Å². The van der Waals surface area contributed by atoms with Gasteiger partial charge in [0, 0.05) is 0 Å². The number of benzene rings is 2. The van der Waals surface area contributed by atoms with Crippen molar-refractivity contribution in [3.8, 4) is 11.8 Å². The molecule has 2 aromatic carbocycles. The Morgan fingerprint density at radius 2 is 2.04 bits per heavy atom. The van der Waals surface area contributed by atoms with Gasteiger partial charge in [0.05, 0.1) is 25.3 Å². The minimum Gasteiger partial charge on any atom is -0.497 e. The van der Waals surface area contributed by atoms with Crippen LogP contribution in [0.1, 0.15) is 35.1 Å². The quantitative estimate of drug-likeness (QED) is 0.829. The van der Waals surface area contributed by atoms with Gasteiger partial charge in [-0.25, -0.2) is 0 Å². The summed E-state index contributed by atoms with van der Waals surface area (Å²) in [6.45, 7) is 1.48. The number of hydrogen-bond acceptors (Lipinski definition) is 4. The van der Waals surface area contributed by atoms with Crippen molar-refractivity contribution in [2.45, 2.75) is 25.0 Å². The second kappa shape index (κ2) is 7.04. The van der Waals surface area contributed by atoms with Gasteiger partial charge in [-0.3, -0.25) is 0 Å². The molecule has 3 rings (SSSR count). The summed E-state index contributed by atoms with van der Waals surface area (Å²) in [5.41, 5.74) is 3.63. The summed E-state index contributed by atoms with van der Waals surface area (Å²) in [7, 11) is 3.63. The topological polar surface area (TPSA) is 54.3 Å². The van der Waals surface area contributed by atoms with E-state index in [-0.39, 0.29) is 0 Å². The first-order valence-corrected chi connectivity index (χ1v) is 8.20. The molecular weight excluding hydrogens is 300 g/mol. The Kier molecular flexibility index (Phi) is 4.84. The van der Waals surface area contributed by atoms with E-state index in [1.54, 1.807) is 7.11 Å². The van der Waals surface area contributed by atoms with Crippen LogP contribution < -0.4 is 10.1 Å². The van der Waals surface area contributed by atoms with E-state index >= 15 is 0 Å². The van der Waals surface area contributed by atoms with E-state index in [0.29, 0.717) is 12.2 Å². The van der Waals surface area contributed by atoms with Crippen molar-refractivity contribution in [1.82, 2.24) is 5.32 Å². The molecule has 0 saturated heterocycles. The number of nitrogens with zero attached hydrogens (tertiary/aromatic N) is 1. The van der Waals surface area contributed by atoms with Crippen molar-refractivity contribution >= 4 is 0 Å². The van der Waals surface area contributed by atoms with Crippen molar-refractivity contribution in [1.29, 1.82) is 5.26 Å². The van der Waals surface area contributed by atoms with E-state index in [2.05, 4.69) is 23.5 Å². The van der Waals surface area contributed by atoms with Gasteiger partial charge in [0.15, 0.2) is 0 Å². The number of nitrogens with one attached hydrogen (secondary N) is 1. The van der Waals surface area contributed by atoms with Crippen molar-refractivity contribution in [3.05, 3.63) is 64.7 Å². The molecule has 0 aliphatic carbocycles. The number of methoxy groups -OCH3 is 1. The molecule has 24 heavy (non-hydrogen) atoms. The largest absolute Gasteiger partial charge is 0.497 e. The second-order valence-corrected chi connectivity index (χ2v) is 6.04. The fourth-order valence-corrected chi connectivity index (χ4v) is 3.42. The van der Waals surface area contributed by atoms with Gasteiger partial charge in [-0.15, -0.1) is 0 Å². The smallest absolute Gasteiger partial charge is 0.119 e. The normalized spacial score (nSPS) is 18.9. The second-order valence-electron chi connectivity index (χ2n) is 6.04. The monoisotopic (exact) mass is 322 g/mol. The predicted octanol–water partition coefficient (Wildman–Crippen LogP) is 3.34. The molecule has 4 nitrogen and oxygen atoms in total. The minimum atomic E-state index is -0.452. The lowest BCUT2D eigenvalue weighted by Gasteiger charge is -2.31. The van der Waals surface area contributed by atoms with Gasteiger partial charge in [0.25, 0.3) is 0 Å². The van der Waals surface area contributed by atoms with Crippen LogP contribution in [0.15, 0.2) is 42.5 Å². The fraction of sp³-hybridized carbons (Fsp3) is 0.350. The highest BCUT2D eigenvalue weighted by molar-refractivity contribution is 5.48. The lowest BCUT2D eigenvalue weighted by atomic mass is 9.81. The molecule has 0 spiro atoms. The lowest BCUT2D eigenvalue weighted by Crippen LogP contribution is -2.28. The highest BCUT2D eigenvalue weighted by Gasteiger charge is 2.41. The Balaban J connectivity index is 2.03. The van der Waals surface area contributed by atoms with E-state index in [9.17, 15) is 0 Å². The first-order valence-electron chi connectivity index (χ1n) is 8.20. The van der Waals surface area contributed by atoms with Crippen LogP contribution in [-0.4, -0.2) is 20.7 Å². The van der Waals surface area contributed by atoms with Crippen LogP contribution in [0.4, 0.5) is 0 Å². The van der Waals surface area contributed by atoms with Crippen LogP contribution >= 0.6 is 0 Å². The molecule has 1 aliphatic heterocycles. The third-order valence-electron chi connectivity index (χ3n) is 4.66. The van der Waals surface area contributed by atoms with Crippen LogP contribution in [0, 0.1) is 11.3 Å². The molecule has 1 unspecified atom stereocenters. The molecule has 0 aromatic heterocycles. The molecule has 0 saturated carbocycles. The Morgan fingerprint density at radius 3 is 2.71 bits per heavy atom. The minimum absolute atomic E-state index is 0.452. The summed E-state index contributed by atoms with van der Waals surface area (Å²) in [5, 5.41) is 12.3. The molecule has 124 valence electrons. The summed E-state index contributed by atoms with van der Waals surface area (Å²) < 4.78 is 11.6. The summed E-state index contributed by atoms with van der Waals surface area (Å²) in [5.74, 6) is 0.835. The summed E-state index contributed by atoms with van der Waals surface area (Å²) >= 11 is 0. The van der Waals surface area contributed by atoms with Gasteiger partial charge in [-0.05, 0) is 67.4 Å². The van der Waals surface area contributed by atoms with Crippen molar-refractivity contribution in [2.75, 3.05) is 20.7 Å². The van der Waals surface area contributed by atoms with Crippen LogP contribution in [0.2, 0.25) is 0 Å². The number of hydrogen-bond donors (Lipinski definition) is 1. The molecule has 2 aromatic rings. The summed E-state index contributed by atoms with van der Waals surface area (Å²) in [6, 6.07) is 16.2. The number of fused-ring (bicyclic) bond motifs is 1. The molecular formula is C20H22N2O2. The van der Waals surface area contributed by atoms with Crippen molar-refractivity contribution in [3.63, 3.8) is 0 Å². The molecule has 1 N–H and O–H groups in total. The van der Waals surface area contributed by atoms with E-state index in [4.69, 9.17) is 14.7 Å². The Morgan fingerprint density at radius 1 is 1.25 bits per heavy atom. The predicted molar refractivity (Wildman–Crippen MR) is 92.9 cm³/mol. The van der Waals surface area contributed by atoms with Gasteiger partial charge < -0.3 is 14.8 Å². The van der Waals surface area contributed by atoms with E-state index < -0.39 is 5.60 Å². The fourth-order valence-electron chi connectivity index (χ4n) is 3.42. The molecule has 0 bridgehead atoms. The number of rotatable bonds is 6. The molecule has 0 amide bonds. The molecule has 1 heterocycles. The van der Waals surface area contributed by atoms with Crippen LogP contribution in [-0.2, 0) is 16.9 Å². The van der Waals surface area contributed by atoms with Crippen LogP contribution in [0.5, 0.6) is 5.75 Å². The summed E-state index contributed by atoms with van der Waals surface area (Å²) in [4.78, 5) is 0. The standard InChI is InChI=1S/C20H22N2O2/c1-22-11-3-10-20(17-5-7-18(23-2)8-6-17)19-9-4-15(13-21)12-16(19)14-24-20/h4-9,12,22H,3,10-11,14H2,1-2H3. The Bertz CT molecular complexity index is 749. The van der Waals surface area contributed by atoms with Gasteiger partial charge >= 0.3 is 0 Å². The van der Waals surface area contributed by atoms with E-state index in [1.165, 1.54) is 5.56 Å². The van der Waals surface area contributed by atoms with Gasteiger partial charge in [0.1, 0.15) is 11.4 Å². The zero-order chi connectivity index (χ0) is 17.0. The third-order valence-corrected chi connectivity index (χ3v) is 4.66. The van der Waals surface area contributed by atoms with E-state index in [1.807, 2.05) is 37.4 Å². The number of ether oxygens (including phenoxy) is 2. The Hall–Kier alpha value is -2.35. The molecule has 0 fully saturated rings. The van der Waals surface area contributed by atoms with Crippen LogP contribution in [0.3, 0.4) is 0 Å². The highest BCUT2D eigenvalue weighted by atomic mass is 16.5. The number of nitriles is 1. The maximum Gasteiger partial charge on any atom is 0.119 e. The molecule has 1 aliphatic rings. The van der Waals surface area contributed by atoms with Gasteiger partial charge in [-0.2, -0.15) is 5.26 Å². The first kappa shape index (κ1) is 16.5. The Labute approximate surface area is 143 Å². The average molecular weight is 322 g/mol. The van der Waals surface area contributed by atoms with Crippen LogP contribution in [0.25, 0.3) is 0 Å². The van der Waals surface area contributed by atoms with Crippen molar-refractivity contribution < 1.29 is 9.47 Å². The zero-order valence-electron chi connectivity index (χ0n) is 14.1. The third kappa shape index (κ3) is 2.89. The van der Waals surface area contributed by atoms with Crippen molar-refractivity contribution in [2.24, 2.45) is 0 Å². The highest BCUT2D eigenvalue weighted by Crippen LogP contribution is 2.45.